The summed E-state index contributed by atoms with van der Waals surface area (Å²) in [5.74, 6) is 0.704. The number of hydrogen-bond acceptors (Lipinski definition) is 6. The number of amides is 4. The zero-order valence-electron chi connectivity index (χ0n) is 15.6. The molecule has 3 heterocycles. The molecule has 4 rings (SSSR count). The zero-order chi connectivity index (χ0) is 20.2. The van der Waals surface area contributed by atoms with Crippen LogP contribution in [0.3, 0.4) is 0 Å². The van der Waals surface area contributed by atoms with E-state index >= 15 is 0 Å². The summed E-state index contributed by atoms with van der Waals surface area (Å²) in [7, 11) is 0. The molecule has 0 radical (unpaired) electrons. The number of hydrogen-bond donors (Lipinski definition) is 2. The summed E-state index contributed by atoms with van der Waals surface area (Å²) in [5, 5.41) is 5.43. The van der Waals surface area contributed by atoms with Gasteiger partial charge in [-0.3, -0.25) is 19.5 Å². The van der Waals surface area contributed by atoms with Crippen LogP contribution in [0.4, 0.5) is 4.79 Å². The van der Waals surface area contributed by atoms with Crippen molar-refractivity contribution in [2.24, 2.45) is 0 Å². The Labute approximate surface area is 167 Å². The fourth-order valence-electron chi connectivity index (χ4n) is 3.21. The summed E-state index contributed by atoms with van der Waals surface area (Å²) in [6, 6.07) is 7.77. The minimum absolute atomic E-state index is 0.130. The van der Waals surface area contributed by atoms with Crippen molar-refractivity contribution < 1.29 is 23.9 Å². The minimum atomic E-state index is -0.708. The van der Waals surface area contributed by atoms with Gasteiger partial charge in [0.2, 0.25) is 12.7 Å². The molecule has 1 atom stereocenters. The standard InChI is InChI=1S/C20H20N4O5/c25-18(22-10-14-2-1-7-21-9-14)6-4-15-19(26)24(20(27)23-15)11-13-3-5-16-17(8-13)29-12-28-16/h1-3,5,7-9,15H,4,6,10-12H2,(H,22,25)(H,23,27)/t15-/m0/s1. The van der Waals surface area contributed by atoms with Crippen molar-refractivity contribution in [3.8, 4) is 11.5 Å². The maximum absolute atomic E-state index is 12.6. The van der Waals surface area contributed by atoms with E-state index in [4.69, 9.17) is 9.47 Å². The number of aromatic nitrogens is 1. The average Bonchev–Trinajstić information content (AvgIpc) is 3.31. The molecule has 9 heteroatoms. The molecule has 0 spiro atoms. The molecule has 2 N–H and O–H groups in total. The van der Waals surface area contributed by atoms with E-state index in [1.807, 2.05) is 6.07 Å². The van der Waals surface area contributed by atoms with Crippen LogP contribution in [-0.4, -0.2) is 40.6 Å². The summed E-state index contributed by atoms with van der Waals surface area (Å²) < 4.78 is 10.6. The van der Waals surface area contributed by atoms with Gasteiger partial charge in [-0.15, -0.1) is 0 Å². The average molecular weight is 396 g/mol. The smallest absolute Gasteiger partial charge is 0.325 e. The number of pyridine rings is 1. The number of rotatable bonds is 7. The molecule has 29 heavy (non-hydrogen) atoms. The molecule has 1 aromatic heterocycles. The molecule has 1 fully saturated rings. The van der Waals surface area contributed by atoms with Gasteiger partial charge < -0.3 is 20.1 Å². The third-order valence-corrected chi connectivity index (χ3v) is 4.76. The number of carbonyl (C=O) groups excluding carboxylic acids is 3. The van der Waals surface area contributed by atoms with Gasteiger partial charge in [0, 0.05) is 25.4 Å². The predicted octanol–water partition coefficient (Wildman–Crippen LogP) is 1.33. The van der Waals surface area contributed by atoms with Crippen LogP contribution in [0.5, 0.6) is 11.5 Å². The lowest BCUT2D eigenvalue weighted by atomic mass is 10.1. The zero-order valence-corrected chi connectivity index (χ0v) is 15.6. The maximum atomic E-state index is 12.6. The lowest BCUT2D eigenvalue weighted by molar-refractivity contribution is -0.128. The number of benzene rings is 1. The van der Waals surface area contributed by atoms with Crippen LogP contribution in [0.2, 0.25) is 0 Å². The van der Waals surface area contributed by atoms with Gasteiger partial charge in [-0.1, -0.05) is 12.1 Å². The Balaban J connectivity index is 1.28. The quantitative estimate of drug-likeness (QED) is 0.684. The fourth-order valence-corrected chi connectivity index (χ4v) is 3.21. The summed E-state index contributed by atoms with van der Waals surface area (Å²) in [5.41, 5.74) is 1.65. The van der Waals surface area contributed by atoms with Crippen LogP contribution in [0.15, 0.2) is 42.7 Å². The molecule has 1 saturated heterocycles. The highest BCUT2D eigenvalue weighted by atomic mass is 16.7. The van der Waals surface area contributed by atoms with E-state index in [9.17, 15) is 14.4 Å². The van der Waals surface area contributed by atoms with Crippen LogP contribution >= 0.6 is 0 Å². The minimum Gasteiger partial charge on any atom is -0.454 e. The van der Waals surface area contributed by atoms with Crippen molar-refractivity contribution in [3.05, 3.63) is 53.9 Å². The summed E-state index contributed by atoms with van der Waals surface area (Å²) in [6.45, 7) is 0.658. The van der Waals surface area contributed by atoms with E-state index < -0.39 is 12.1 Å². The van der Waals surface area contributed by atoms with Gasteiger partial charge in [-0.2, -0.15) is 0 Å². The number of urea groups is 1. The lowest BCUT2D eigenvalue weighted by Crippen LogP contribution is -2.32. The molecule has 4 amide bonds. The van der Waals surface area contributed by atoms with Gasteiger partial charge in [-0.05, 0) is 35.7 Å². The summed E-state index contributed by atoms with van der Waals surface area (Å²) in [4.78, 5) is 42.0. The Morgan fingerprint density at radius 3 is 2.90 bits per heavy atom. The van der Waals surface area contributed by atoms with E-state index in [0.717, 1.165) is 16.0 Å². The molecule has 2 aliphatic heterocycles. The second-order valence-electron chi connectivity index (χ2n) is 6.79. The molecule has 9 nitrogen and oxygen atoms in total. The second kappa shape index (κ2) is 8.17. The number of fused-ring (bicyclic) bond motifs is 1. The van der Waals surface area contributed by atoms with E-state index in [0.29, 0.717) is 18.0 Å². The van der Waals surface area contributed by atoms with Gasteiger partial charge in [0.1, 0.15) is 6.04 Å². The first-order valence-corrected chi connectivity index (χ1v) is 9.26. The highest BCUT2D eigenvalue weighted by Gasteiger charge is 2.38. The van der Waals surface area contributed by atoms with Crippen molar-refractivity contribution in [2.75, 3.05) is 6.79 Å². The Kier molecular flexibility index (Phi) is 5.28. The second-order valence-corrected chi connectivity index (χ2v) is 6.79. The van der Waals surface area contributed by atoms with Crippen molar-refractivity contribution in [1.82, 2.24) is 20.5 Å². The number of carbonyl (C=O) groups is 3. The number of nitrogens with one attached hydrogen (secondary N) is 2. The Morgan fingerprint density at radius 1 is 1.21 bits per heavy atom. The molecule has 0 saturated carbocycles. The molecule has 150 valence electrons. The highest BCUT2D eigenvalue weighted by Crippen LogP contribution is 2.33. The Bertz CT molecular complexity index is 934. The summed E-state index contributed by atoms with van der Waals surface area (Å²) >= 11 is 0. The van der Waals surface area contributed by atoms with Crippen molar-refractivity contribution in [3.63, 3.8) is 0 Å². The van der Waals surface area contributed by atoms with Crippen LogP contribution in [-0.2, 0) is 22.7 Å². The first kappa shape index (κ1) is 18.7. The first-order chi connectivity index (χ1) is 14.1. The fraction of sp³-hybridized carbons (Fsp3) is 0.300. The third kappa shape index (κ3) is 4.29. The molecule has 2 aromatic rings. The predicted molar refractivity (Wildman–Crippen MR) is 101 cm³/mol. The monoisotopic (exact) mass is 396 g/mol. The Morgan fingerprint density at radius 2 is 2.07 bits per heavy atom. The van der Waals surface area contributed by atoms with E-state index in [1.54, 1.807) is 36.7 Å². The molecule has 1 aromatic carbocycles. The molecule has 0 aliphatic carbocycles. The van der Waals surface area contributed by atoms with Gasteiger partial charge in [0.05, 0.1) is 6.54 Å². The normalized spacial score (nSPS) is 17.4. The van der Waals surface area contributed by atoms with Gasteiger partial charge in [0.15, 0.2) is 11.5 Å². The molecule has 0 bridgehead atoms. The van der Waals surface area contributed by atoms with E-state index in [1.165, 1.54) is 0 Å². The van der Waals surface area contributed by atoms with Crippen LogP contribution in [0, 0.1) is 0 Å². The molecular weight excluding hydrogens is 376 g/mol. The first-order valence-electron chi connectivity index (χ1n) is 9.26. The van der Waals surface area contributed by atoms with Crippen molar-refractivity contribution in [1.29, 1.82) is 0 Å². The van der Waals surface area contributed by atoms with Crippen molar-refractivity contribution >= 4 is 17.8 Å². The largest absolute Gasteiger partial charge is 0.454 e. The Hall–Kier alpha value is -3.62. The molecule has 0 unspecified atom stereocenters. The number of imide groups is 1. The van der Waals surface area contributed by atoms with E-state index in [-0.39, 0.29) is 38.0 Å². The maximum Gasteiger partial charge on any atom is 0.325 e. The summed E-state index contributed by atoms with van der Waals surface area (Å²) in [6.07, 6.45) is 3.71. The lowest BCUT2D eigenvalue weighted by Gasteiger charge is -2.13. The van der Waals surface area contributed by atoms with Gasteiger partial charge in [0.25, 0.3) is 5.91 Å². The molecule has 2 aliphatic rings. The van der Waals surface area contributed by atoms with Gasteiger partial charge >= 0.3 is 6.03 Å². The van der Waals surface area contributed by atoms with Gasteiger partial charge in [-0.25, -0.2) is 4.79 Å². The van der Waals surface area contributed by atoms with Crippen LogP contribution in [0.1, 0.15) is 24.0 Å². The third-order valence-electron chi connectivity index (χ3n) is 4.76. The van der Waals surface area contributed by atoms with Crippen molar-refractivity contribution in [2.45, 2.75) is 32.0 Å². The number of ether oxygens (including phenoxy) is 2. The van der Waals surface area contributed by atoms with Crippen LogP contribution in [0.25, 0.3) is 0 Å². The topological polar surface area (TPSA) is 110 Å². The SMILES string of the molecule is O=C(CC[C@@H]1NC(=O)N(Cc2ccc3c(c2)OCO3)C1=O)NCc1cccnc1. The highest BCUT2D eigenvalue weighted by molar-refractivity contribution is 6.04. The van der Waals surface area contributed by atoms with E-state index in [2.05, 4.69) is 15.6 Å². The van der Waals surface area contributed by atoms with Crippen LogP contribution < -0.4 is 20.1 Å². The number of nitrogens with zero attached hydrogens (tertiary/aromatic N) is 2. The molecular formula is C20H20N4O5.